The Labute approximate surface area is 148 Å². The minimum Gasteiger partial charge on any atom is -0.451 e. The highest BCUT2D eigenvalue weighted by Crippen LogP contribution is 2.19. The van der Waals surface area contributed by atoms with Gasteiger partial charge in [-0.15, -0.1) is 0 Å². The molecule has 0 unspecified atom stereocenters. The lowest BCUT2D eigenvalue weighted by Crippen LogP contribution is -2.45. The van der Waals surface area contributed by atoms with E-state index in [1.807, 2.05) is 37.3 Å². The van der Waals surface area contributed by atoms with Gasteiger partial charge in [0.15, 0.2) is 6.61 Å². The van der Waals surface area contributed by atoms with Crippen molar-refractivity contribution in [2.24, 2.45) is 0 Å². The van der Waals surface area contributed by atoms with Gasteiger partial charge in [0.2, 0.25) is 0 Å². The number of hydrogen-bond acceptors (Lipinski definition) is 4. The fourth-order valence-corrected chi connectivity index (χ4v) is 3.01. The van der Waals surface area contributed by atoms with E-state index >= 15 is 0 Å². The second-order valence-corrected chi connectivity index (χ2v) is 6.30. The lowest BCUT2D eigenvalue weighted by molar-refractivity contribution is -0.150. The van der Waals surface area contributed by atoms with Crippen LogP contribution in [0.25, 0.3) is 6.08 Å². The highest BCUT2D eigenvalue weighted by atomic mass is 16.5. The molecule has 1 aromatic carbocycles. The molecule has 132 valence electrons. The van der Waals surface area contributed by atoms with E-state index in [1.165, 1.54) is 6.08 Å². The van der Waals surface area contributed by atoms with Crippen LogP contribution in [0.5, 0.6) is 0 Å². The van der Waals surface area contributed by atoms with Gasteiger partial charge in [-0.3, -0.25) is 4.79 Å². The van der Waals surface area contributed by atoms with E-state index in [0.29, 0.717) is 6.54 Å². The standard InChI is InChI=1S/C20H24N2O3/c1-3-18-6-4-5-11-22(18)19(23)14-25-20(24)17(13-21)12-16-9-7-15(2)8-10-16/h7-10,12,18H,3-6,11,14H2,1-2H3/b17-12+/t18-/m1/s1. The first-order valence-corrected chi connectivity index (χ1v) is 8.70. The van der Waals surface area contributed by atoms with E-state index in [0.717, 1.165) is 36.8 Å². The van der Waals surface area contributed by atoms with E-state index in [9.17, 15) is 14.9 Å². The third-order valence-corrected chi connectivity index (χ3v) is 4.47. The topological polar surface area (TPSA) is 70.4 Å². The van der Waals surface area contributed by atoms with Crippen LogP contribution in [0.1, 0.15) is 43.7 Å². The molecule has 5 heteroatoms. The molecular weight excluding hydrogens is 316 g/mol. The lowest BCUT2D eigenvalue weighted by atomic mass is 10.00. The Bertz CT molecular complexity index is 686. The number of amides is 1. The van der Waals surface area contributed by atoms with E-state index in [1.54, 1.807) is 4.90 Å². The summed E-state index contributed by atoms with van der Waals surface area (Å²) < 4.78 is 5.08. The fraction of sp³-hybridized carbons (Fsp3) is 0.450. The molecule has 0 aliphatic carbocycles. The number of likely N-dealkylation sites (tertiary alicyclic amines) is 1. The van der Waals surface area contributed by atoms with Gasteiger partial charge in [-0.1, -0.05) is 36.8 Å². The van der Waals surface area contributed by atoms with Gasteiger partial charge in [0, 0.05) is 12.6 Å². The van der Waals surface area contributed by atoms with Crippen LogP contribution in [0.3, 0.4) is 0 Å². The molecule has 0 aromatic heterocycles. The number of aryl methyl sites for hydroxylation is 1. The van der Waals surface area contributed by atoms with E-state index in [4.69, 9.17) is 4.74 Å². The van der Waals surface area contributed by atoms with Crippen molar-refractivity contribution in [2.45, 2.75) is 45.6 Å². The average Bonchev–Trinajstić information content (AvgIpc) is 2.65. The van der Waals surface area contributed by atoms with Crippen molar-refractivity contribution in [2.75, 3.05) is 13.2 Å². The van der Waals surface area contributed by atoms with Gasteiger partial charge in [-0.25, -0.2) is 4.79 Å². The lowest BCUT2D eigenvalue weighted by Gasteiger charge is -2.35. The van der Waals surface area contributed by atoms with E-state index in [2.05, 4.69) is 6.92 Å². The SMILES string of the molecule is CC[C@@H]1CCCCN1C(=O)COC(=O)/C(C#N)=C/c1ccc(C)cc1. The van der Waals surface area contributed by atoms with Crippen LogP contribution in [-0.4, -0.2) is 36.0 Å². The van der Waals surface area contributed by atoms with Crippen molar-refractivity contribution in [1.82, 2.24) is 4.90 Å². The summed E-state index contributed by atoms with van der Waals surface area (Å²) >= 11 is 0. The first-order valence-electron chi connectivity index (χ1n) is 8.70. The number of benzene rings is 1. The Balaban J connectivity index is 1.96. The summed E-state index contributed by atoms with van der Waals surface area (Å²) in [6.45, 7) is 4.41. The van der Waals surface area contributed by atoms with Crippen molar-refractivity contribution < 1.29 is 14.3 Å². The maximum atomic E-state index is 12.3. The summed E-state index contributed by atoms with van der Waals surface area (Å²) in [5.74, 6) is -0.950. The summed E-state index contributed by atoms with van der Waals surface area (Å²) in [6.07, 6.45) is 5.47. The van der Waals surface area contributed by atoms with Crippen LogP contribution < -0.4 is 0 Å². The molecule has 5 nitrogen and oxygen atoms in total. The summed E-state index contributed by atoms with van der Waals surface area (Å²) in [5.41, 5.74) is 1.73. The third kappa shape index (κ3) is 5.18. The predicted octanol–water partition coefficient (Wildman–Crippen LogP) is 3.24. The van der Waals surface area contributed by atoms with Crippen LogP contribution >= 0.6 is 0 Å². The zero-order chi connectivity index (χ0) is 18.2. The number of ether oxygens (including phenoxy) is 1. The Hall–Kier alpha value is -2.61. The second kappa shape index (κ2) is 9.03. The zero-order valence-corrected chi connectivity index (χ0v) is 14.8. The smallest absolute Gasteiger partial charge is 0.349 e. The Morgan fingerprint density at radius 1 is 1.32 bits per heavy atom. The number of rotatable bonds is 5. The van der Waals surface area contributed by atoms with Gasteiger partial charge in [0.25, 0.3) is 5.91 Å². The van der Waals surface area contributed by atoms with Crippen molar-refractivity contribution in [1.29, 1.82) is 5.26 Å². The van der Waals surface area contributed by atoms with Gasteiger partial charge < -0.3 is 9.64 Å². The van der Waals surface area contributed by atoms with Gasteiger partial charge in [-0.05, 0) is 44.2 Å². The summed E-state index contributed by atoms with van der Waals surface area (Å²) in [6, 6.07) is 9.52. The summed E-state index contributed by atoms with van der Waals surface area (Å²) in [4.78, 5) is 26.2. The van der Waals surface area contributed by atoms with Crippen molar-refractivity contribution >= 4 is 18.0 Å². The van der Waals surface area contributed by atoms with Crippen LogP contribution in [0.15, 0.2) is 29.8 Å². The zero-order valence-electron chi connectivity index (χ0n) is 14.8. The van der Waals surface area contributed by atoms with Gasteiger partial charge >= 0.3 is 5.97 Å². The maximum absolute atomic E-state index is 12.3. The molecule has 0 radical (unpaired) electrons. The first-order chi connectivity index (χ1) is 12.0. The molecule has 1 saturated heterocycles. The van der Waals surface area contributed by atoms with Crippen LogP contribution in [0.4, 0.5) is 0 Å². The molecule has 1 heterocycles. The monoisotopic (exact) mass is 340 g/mol. The third-order valence-electron chi connectivity index (χ3n) is 4.47. The van der Waals surface area contributed by atoms with E-state index in [-0.39, 0.29) is 24.1 Å². The minimum atomic E-state index is -0.763. The van der Waals surface area contributed by atoms with E-state index < -0.39 is 5.97 Å². The number of carbonyl (C=O) groups is 2. The number of carbonyl (C=O) groups excluding carboxylic acids is 2. The molecule has 1 aliphatic heterocycles. The molecule has 0 N–H and O–H groups in total. The van der Waals surface area contributed by atoms with Gasteiger partial charge in [0.05, 0.1) is 0 Å². The van der Waals surface area contributed by atoms with Crippen molar-refractivity contribution in [3.63, 3.8) is 0 Å². The van der Waals surface area contributed by atoms with Crippen LogP contribution in [0.2, 0.25) is 0 Å². The Morgan fingerprint density at radius 2 is 2.04 bits per heavy atom. The molecule has 25 heavy (non-hydrogen) atoms. The highest BCUT2D eigenvalue weighted by molar-refractivity contribution is 5.98. The highest BCUT2D eigenvalue weighted by Gasteiger charge is 2.26. The molecule has 0 saturated carbocycles. The predicted molar refractivity (Wildman–Crippen MR) is 95.4 cm³/mol. The molecule has 2 rings (SSSR count). The second-order valence-electron chi connectivity index (χ2n) is 6.30. The number of nitrogens with zero attached hydrogens (tertiary/aromatic N) is 2. The molecule has 1 fully saturated rings. The average molecular weight is 340 g/mol. The summed E-state index contributed by atoms with van der Waals surface area (Å²) in [5, 5.41) is 9.19. The number of nitriles is 1. The largest absolute Gasteiger partial charge is 0.451 e. The Kier molecular flexibility index (Phi) is 6.76. The van der Waals surface area contributed by atoms with Crippen molar-refractivity contribution in [3.05, 3.63) is 41.0 Å². The Morgan fingerprint density at radius 3 is 2.68 bits per heavy atom. The number of hydrogen-bond donors (Lipinski definition) is 0. The molecule has 0 bridgehead atoms. The van der Waals surface area contributed by atoms with Crippen molar-refractivity contribution in [3.8, 4) is 6.07 Å². The van der Waals surface area contributed by atoms with Crippen LogP contribution in [-0.2, 0) is 14.3 Å². The quantitative estimate of drug-likeness (QED) is 0.469. The fourth-order valence-electron chi connectivity index (χ4n) is 3.01. The summed E-state index contributed by atoms with van der Waals surface area (Å²) in [7, 11) is 0. The minimum absolute atomic E-state index is 0.109. The maximum Gasteiger partial charge on any atom is 0.349 e. The molecule has 0 spiro atoms. The first kappa shape index (κ1) is 18.7. The molecule has 1 aromatic rings. The molecule has 1 atom stereocenters. The molecular formula is C20H24N2O3. The van der Waals surface area contributed by atoms with Gasteiger partial charge in [0.1, 0.15) is 11.6 Å². The number of piperidine rings is 1. The number of esters is 1. The van der Waals surface area contributed by atoms with Gasteiger partial charge in [-0.2, -0.15) is 5.26 Å². The van der Waals surface area contributed by atoms with Crippen LogP contribution in [0, 0.1) is 18.3 Å². The molecule has 1 amide bonds. The normalized spacial score (nSPS) is 17.7. The molecule has 1 aliphatic rings.